The van der Waals surface area contributed by atoms with Gasteiger partial charge in [0.2, 0.25) is 0 Å². The highest BCUT2D eigenvalue weighted by Crippen LogP contribution is 2.15. The second-order valence-corrected chi connectivity index (χ2v) is 6.50. The summed E-state index contributed by atoms with van der Waals surface area (Å²) >= 11 is 0. The van der Waals surface area contributed by atoms with Gasteiger partial charge in [0.05, 0.1) is 6.20 Å². The zero-order valence-electron chi connectivity index (χ0n) is 15.7. The van der Waals surface area contributed by atoms with Crippen LogP contribution in [0, 0.1) is 18.8 Å². The summed E-state index contributed by atoms with van der Waals surface area (Å²) in [6, 6.07) is 15.7. The van der Waals surface area contributed by atoms with Crippen LogP contribution in [0.25, 0.3) is 5.65 Å². The number of alkyl halides is 1. The first-order chi connectivity index (χ1) is 14.1. The van der Waals surface area contributed by atoms with E-state index in [1.54, 1.807) is 53.3 Å². The molecule has 0 atom stereocenters. The van der Waals surface area contributed by atoms with Crippen molar-refractivity contribution in [3.8, 4) is 11.8 Å². The molecule has 6 heteroatoms. The summed E-state index contributed by atoms with van der Waals surface area (Å²) in [5.74, 6) is 5.90. The molecule has 29 heavy (non-hydrogen) atoms. The summed E-state index contributed by atoms with van der Waals surface area (Å²) in [5.41, 5.74) is 4.61. The molecule has 0 saturated carbocycles. The number of halogens is 1. The number of nitrogens with one attached hydrogen (secondary N) is 1. The number of rotatable bonds is 3. The molecule has 0 unspecified atom stereocenters. The monoisotopic (exact) mass is 384 g/mol. The molecule has 1 amide bonds. The summed E-state index contributed by atoms with van der Waals surface area (Å²) in [6.07, 6.45) is 3.34. The normalized spacial score (nSPS) is 10.4. The molecule has 0 saturated heterocycles. The summed E-state index contributed by atoms with van der Waals surface area (Å²) in [5, 5.41) is 7.04. The Balaban J connectivity index is 1.60. The smallest absolute Gasteiger partial charge is 0.255 e. The van der Waals surface area contributed by atoms with Gasteiger partial charge in [0.15, 0.2) is 5.65 Å². The van der Waals surface area contributed by atoms with Crippen molar-refractivity contribution in [1.29, 1.82) is 0 Å². The molecule has 4 aromatic rings. The van der Waals surface area contributed by atoms with E-state index in [2.05, 4.69) is 27.2 Å². The minimum absolute atomic E-state index is 0.277. The second-order valence-electron chi connectivity index (χ2n) is 6.50. The summed E-state index contributed by atoms with van der Waals surface area (Å²) in [6.45, 7) is 1.36. The van der Waals surface area contributed by atoms with E-state index in [1.807, 2.05) is 25.1 Å². The molecule has 2 heterocycles. The Morgan fingerprint density at radius 2 is 2.03 bits per heavy atom. The molecule has 5 nitrogen and oxygen atoms in total. The number of hydrogen-bond donors (Lipinski definition) is 1. The highest BCUT2D eigenvalue weighted by molar-refractivity contribution is 6.04. The average molecular weight is 384 g/mol. The first-order valence-corrected chi connectivity index (χ1v) is 9.02. The Morgan fingerprint density at radius 3 is 2.90 bits per heavy atom. The van der Waals surface area contributed by atoms with Gasteiger partial charge in [0, 0.05) is 23.0 Å². The van der Waals surface area contributed by atoms with Crippen molar-refractivity contribution in [2.24, 2.45) is 0 Å². The lowest BCUT2D eigenvalue weighted by molar-refractivity contribution is 0.102. The quantitative estimate of drug-likeness (QED) is 0.540. The molecular formula is C23H17FN4O. The molecule has 0 bridgehead atoms. The molecule has 2 aromatic heterocycles. The minimum Gasteiger partial charge on any atom is -0.322 e. The van der Waals surface area contributed by atoms with Crippen LogP contribution < -0.4 is 5.32 Å². The maximum absolute atomic E-state index is 12.8. The minimum atomic E-state index is -0.577. The van der Waals surface area contributed by atoms with Gasteiger partial charge in [-0.25, -0.2) is 13.9 Å². The number of carbonyl (C=O) groups is 1. The van der Waals surface area contributed by atoms with Gasteiger partial charge in [-0.2, -0.15) is 5.10 Å². The fourth-order valence-electron chi connectivity index (χ4n) is 2.88. The Hall–Kier alpha value is -3.98. The number of hydrogen-bond acceptors (Lipinski definition) is 3. The third kappa shape index (κ3) is 3.99. The van der Waals surface area contributed by atoms with Gasteiger partial charge in [0.1, 0.15) is 12.4 Å². The number of nitrogens with zero attached hydrogens (tertiary/aromatic N) is 3. The number of fused-ring (bicyclic) bond motifs is 1. The van der Waals surface area contributed by atoms with Crippen LogP contribution in [-0.2, 0) is 6.67 Å². The van der Waals surface area contributed by atoms with Crippen LogP contribution >= 0.6 is 0 Å². The van der Waals surface area contributed by atoms with Crippen LogP contribution in [0.15, 0.2) is 67.0 Å². The van der Waals surface area contributed by atoms with Crippen LogP contribution in [0.1, 0.15) is 32.7 Å². The summed E-state index contributed by atoms with van der Waals surface area (Å²) in [7, 11) is 0. The van der Waals surface area contributed by atoms with Crippen molar-refractivity contribution in [3.63, 3.8) is 0 Å². The van der Waals surface area contributed by atoms with Gasteiger partial charge in [0.25, 0.3) is 5.91 Å². The maximum atomic E-state index is 12.8. The SMILES string of the molecule is Cc1ccc(C(=O)Nc2cccc(CF)c2)cc1C#Cc1cnc2cccnn12. The van der Waals surface area contributed by atoms with Gasteiger partial charge in [-0.15, -0.1) is 0 Å². The fraction of sp³-hybridized carbons (Fsp3) is 0.0870. The third-order valence-electron chi connectivity index (χ3n) is 4.44. The van der Waals surface area contributed by atoms with Crippen LogP contribution in [-0.4, -0.2) is 20.5 Å². The first kappa shape index (κ1) is 18.4. The van der Waals surface area contributed by atoms with Crippen molar-refractivity contribution in [1.82, 2.24) is 14.6 Å². The predicted octanol–water partition coefficient (Wildman–Crippen LogP) is 4.16. The number of aryl methyl sites for hydroxylation is 1. The van der Waals surface area contributed by atoms with E-state index in [1.165, 1.54) is 0 Å². The number of aromatic nitrogens is 3. The molecule has 0 spiro atoms. The van der Waals surface area contributed by atoms with E-state index >= 15 is 0 Å². The Morgan fingerprint density at radius 1 is 1.14 bits per heavy atom. The van der Waals surface area contributed by atoms with Crippen molar-refractivity contribution in [3.05, 3.63) is 94.9 Å². The summed E-state index contributed by atoms with van der Waals surface area (Å²) < 4.78 is 14.5. The second kappa shape index (κ2) is 7.95. The molecule has 2 aromatic carbocycles. The van der Waals surface area contributed by atoms with E-state index in [-0.39, 0.29) is 5.91 Å². The van der Waals surface area contributed by atoms with E-state index in [9.17, 15) is 9.18 Å². The van der Waals surface area contributed by atoms with Crippen LogP contribution in [0.2, 0.25) is 0 Å². The number of carbonyl (C=O) groups excluding carboxylic acids is 1. The maximum Gasteiger partial charge on any atom is 0.255 e. The molecule has 1 N–H and O–H groups in total. The van der Waals surface area contributed by atoms with Crippen molar-refractivity contribution in [2.45, 2.75) is 13.6 Å². The van der Waals surface area contributed by atoms with Gasteiger partial charge >= 0.3 is 0 Å². The zero-order valence-corrected chi connectivity index (χ0v) is 15.7. The summed E-state index contributed by atoms with van der Waals surface area (Å²) in [4.78, 5) is 16.9. The number of amides is 1. The predicted molar refractivity (Wildman–Crippen MR) is 109 cm³/mol. The van der Waals surface area contributed by atoms with Crippen LogP contribution in [0.3, 0.4) is 0 Å². The molecule has 142 valence electrons. The van der Waals surface area contributed by atoms with Crippen molar-refractivity contribution in [2.75, 3.05) is 5.32 Å². The van der Waals surface area contributed by atoms with E-state index in [0.29, 0.717) is 22.5 Å². The van der Waals surface area contributed by atoms with Gasteiger partial charge in [-0.05, 0) is 60.4 Å². The van der Waals surface area contributed by atoms with E-state index in [4.69, 9.17) is 0 Å². The third-order valence-corrected chi connectivity index (χ3v) is 4.44. The van der Waals surface area contributed by atoms with Gasteiger partial charge in [-0.3, -0.25) is 4.79 Å². The highest BCUT2D eigenvalue weighted by Gasteiger charge is 2.09. The highest BCUT2D eigenvalue weighted by atomic mass is 19.1. The number of anilines is 1. The van der Waals surface area contributed by atoms with E-state index in [0.717, 1.165) is 16.8 Å². The van der Waals surface area contributed by atoms with Crippen molar-refractivity contribution < 1.29 is 9.18 Å². The van der Waals surface area contributed by atoms with Gasteiger partial charge in [-0.1, -0.05) is 24.1 Å². The lowest BCUT2D eigenvalue weighted by Crippen LogP contribution is -2.12. The standard InChI is InChI=1S/C23H17FN4O/c1-16-7-8-19(23(29)27-20-5-2-4-17(12-20)14-24)13-18(16)9-10-21-15-25-22-6-3-11-26-28(21)22/h2-8,11-13,15H,14H2,1H3,(H,27,29). The topological polar surface area (TPSA) is 59.3 Å². The first-order valence-electron chi connectivity index (χ1n) is 9.02. The molecule has 4 rings (SSSR count). The van der Waals surface area contributed by atoms with Crippen LogP contribution in [0.5, 0.6) is 0 Å². The largest absolute Gasteiger partial charge is 0.322 e. The van der Waals surface area contributed by atoms with E-state index < -0.39 is 6.67 Å². The molecule has 0 fully saturated rings. The Kier molecular flexibility index (Phi) is 5.04. The van der Waals surface area contributed by atoms with Crippen LogP contribution in [0.4, 0.5) is 10.1 Å². The lowest BCUT2D eigenvalue weighted by Gasteiger charge is -2.08. The Bertz CT molecular complexity index is 1270. The molecule has 0 aliphatic carbocycles. The average Bonchev–Trinajstić information content (AvgIpc) is 3.16. The fourth-order valence-corrected chi connectivity index (χ4v) is 2.88. The molecule has 0 aliphatic heterocycles. The molecular weight excluding hydrogens is 367 g/mol. The zero-order chi connectivity index (χ0) is 20.2. The van der Waals surface area contributed by atoms with Crippen molar-refractivity contribution >= 4 is 17.2 Å². The lowest BCUT2D eigenvalue weighted by atomic mass is 10.0. The molecule has 0 aliphatic rings. The number of imidazole rings is 1. The number of benzene rings is 2. The van der Waals surface area contributed by atoms with Gasteiger partial charge < -0.3 is 5.32 Å². The molecule has 0 radical (unpaired) electrons. The Labute approximate surface area is 167 Å².